The summed E-state index contributed by atoms with van der Waals surface area (Å²) in [6.07, 6.45) is 1.30. The normalized spacial score (nSPS) is 25.7. The highest BCUT2D eigenvalue weighted by Crippen LogP contribution is 2.19. The summed E-state index contributed by atoms with van der Waals surface area (Å²) >= 11 is 0. The molecule has 0 spiro atoms. The lowest BCUT2D eigenvalue weighted by Gasteiger charge is -2.32. The first-order valence-corrected chi connectivity index (χ1v) is 6.78. The smallest absolute Gasteiger partial charge is 0.0962 e. The third kappa shape index (κ3) is 3.01. The molecule has 0 bridgehead atoms. The van der Waals surface area contributed by atoms with Gasteiger partial charge in [-0.1, -0.05) is 17.7 Å². The van der Waals surface area contributed by atoms with Gasteiger partial charge in [0.15, 0.2) is 0 Å². The van der Waals surface area contributed by atoms with E-state index in [1.54, 1.807) is 0 Å². The average Bonchev–Trinajstić information content (AvgIpc) is 2.53. The molecule has 94 valence electrons. The summed E-state index contributed by atoms with van der Waals surface area (Å²) in [4.78, 5) is 2.54. The van der Waals surface area contributed by atoms with Crippen molar-refractivity contribution in [3.63, 3.8) is 0 Å². The Morgan fingerprint density at radius 3 is 2.47 bits per heavy atom. The van der Waals surface area contributed by atoms with Gasteiger partial charge in [0.05, 0.1) is 33.2 Å². The Morgan fingerprint density at radius 1 is 1.12 bits per heavy atom. The molecule has 2 rings (SSSR count). The van der Waals surface area contributed by atoms with Crippen molar-refractivity contribution in [2.75, 3.05) is 44.7 Å². The molecule has 17 heavy (non-hydrogen) atoms. The van der Waals surface area contributed by atoms with Crippen molar-refractivity contribution in [2.24, 2.45) is 0 Å². The SMILES string of the molecule is CC[N+]1(C)CCCN(c2ccc(C)cc2)CC1. The molecule has 1 unspecified atom stereocenters. The molecule has 0 saturated carbocycles. The van der Waals surface area contributed by atoms with E-state index in [4.69, 9.17) is 0 Å². The monoisotopic (exact) mass is 233 g/mol. The number of aryl methyl sites for hydroxylation is 1. The van der Waals surface area contributed by atoms with Crippen molar-refractivity contribution in [2.45, 2.75) is 20.3 Å². The fourth-order valence-corrected chi connectivity index (χ4v) is 2.56. The molecule has 1 aliphatic heterocycles. The van der Waals surface area contributed by atoms with Gasteiger partial charge >= 0.3 is 0 Å². The zero-order valence-electron chi connectivity index (χ0n) is 11.4. The predicted molar refractivity (Wildman–Crippen MR) is 74.5 cm³/mol. The maximum Gasteiger partial charge on any atom is 0.0962 e. The lowest BCUT2D eigenvalue weighted by molar-refractivity contribution is -0.905. The standard InChI is InChI=1S/C15H25N2/c1-4-17(3)12-5-10-16(11-13-17)15-8-6-14(2)7-9-15/h6-9H,4-5,10-13H2,1-3H3/q+1. The number of anilines is 1. The van der Waals surface area contributed by atoms with Gasteiger partial charge < -0.3 is 9.38 Å². The average molecular weight is 233 g/mol. The van der Waals surface area contributed by atoms with Crippen molar-refractivity contribution < 1.29 is 4.48 Å². The molecule has 0 aliphatic carbocycles. The zero-order valence-corrected chi connectivity index (χ0v) is 11.4. The summed E-state index contributed by atoms with van der Waals surface area (Å²) in [6, 6.07) is 8.95. The van der Waals surface area contributed by atoms with Crippen LogP contribution < -0.4 is 4.90 Å². The first-order chi connectivity index (χ1) is 8.13. The van der Waals surface area contributed by atoms with Gasteiger partial charge in [-0.05, 0) is 26.0 Å². The van der Waals surface area contributed by atoms with Gasteiger partial charge in [-0.15, -0.1) is 0 Å². The Morgan fingerprint density at radius 2 is 1.82 bits per heavy atom. The van der Waals surface area contributed by atoms with E-state index in [2.05, 4.69) is 50.1 Å². The van der Waals surface area contributed by atoms with Crippen molar-refractivity contribution >= 4 is 5.69 Å². The number of quaternary nitrogens is 1. The number of hydrogen-bond donors (Lipinski definition) is 0. The fourth-order valence-electron chi connectivity index (χ4n) is 2.56. The number of nitrogens with zero attached hydrogens (tertiary/aromatic N) is 2. The Hall–Kier alpha value is -1.02. The predicted octanol–water partition coefficient (Wildman–Crippen LogP) is 2.67. The van der Waals surface area contributed by atoms with Crippen LogP contribution in [0.5, 0.6) is 0 Å². The summed E-state index contributed by atoms with van der Waals surface area (Å²) in [6.45, 7) is 10.7. The van der Waals surface area contributed by atoms with Crippen molar-refractivity contribution in [1.29, 1.82) is 0 Å². The molecule has 0 radical (unpaired) electrons. The number of benzene rings is 1. The topological polar surface area (TPSA) is 3.24 Å². The van der Waals surface area contributed by atoms with Crippen LogP contribution in [-0.2, 0) is 0 Å². The van der Waals surface area contributed by atoms with E-state index in [0.717, 1.165) is 0 Å². The molecule has 1 aromatic carbocycles. The van der Waals surface area contributed by atoms with Gasteiger partial charge in [0.1, 0.15) is 0 Å². The first kappa shape index (κ1) is 12.4. The van der Waals surface area contributed by atoms with E-state index >= 15 is 0 Å². The Labute approximate surface area is 105 Å². The Bertz CT molecular complexity index is 358. The minimum Gasteiger partial charge on any atom is -0.366 e. The summed E-state index contributed by atoms with van der Waals surface area (Å²) in [5.41, 5.74) is 2.73. The third-order valence-electron chi connectivity index (χ3n) is 4.20. The number of hydrogen-bond acceptors (Lipinski definition) is 1. The molecule has 0 amide bonds. The molecule has 1 saturated heterocycles. The molecule has 2 nitrogen and oxygen atoms in total. The Balaban J connectivity index is 2.06. The van der Waals surface area contributed by atoms with Crippen LogP contribution >= 0.6 is 0 Å². The van der Waals surface area contributed by atoms with Crippen LogP contribution in [0, 0.1) is 6.92 Å². The molecular formula is C15H25N2+. The van der Waals surface area contributed by atoms with Crippen molar-refractivity contribution in [3.8, 4) is 0 Å². The molecule has 1 aromatic rings. The molecule has 0 N–H and O–H groups in total. The van der Waals surface area contributed by atoms with Crippen LogP contribution in [0.25, 0.3) is 0 Å². The minimum atomic E-state index is 1.19. The maximum atomic E-state index is 2.54. The molecule has 1 aliphatic rings. The van der Waals surface area contributed by atoms with Gasteiger partial charge in [0.25, 0.3) is 0 Å². The summed E-state index contributed by atoms with van der Waals surface area (Å²) in [7, 11) is 2.39. The largest absolute Gasteiger partial charge is 0.366 e. The fraction of sp³-hybridized carbons (Fsp3) is 0.600. The van der Waals surface area contributed by atoms with E-state index in [0.29, 0.717) is 0 Å². The van der Waals surface area contributed by atoms with E-state index in [9.17, 15) is 0 Å². The second-order valence-electron chi connectivity index (χ2n) is 5.56. The number of rotatable bonds is 2. The second-order valence-corrected chi connectivity index (χ2v) is 5.56. The molecule has 1 heterocycles. The highest BCUT2D eigenvalue weighted by atomic mass is 15.4. The summed E-state index contributed by atoms with van der Waals surface area (Å²) in [5.74, 6) is 0. The lowest BCUT2D eigenvalue weighted by Crippen LogP contribution is -2.46. The van der Waals surface area contributed by atoms with E-state index < -0.39 is 0 Å². The van der Waals surface area contributed by atoms with Gasteiger partial charge in [0, 0.05) is 18.7 Å². The van der Waals surface area contributed by atoms with Crippen LogP contribution in [0.15, 0.2) is 24.3 Å². The van der Waals surface area contributed by atoms with E-state index in [-0.39, 0.29) is 0 Å². The van der Waals surface area contributed by atoms with Crippen LogP contribution in [0.3, 0.4) is 0 Å². The van der Waals surface area contributed by atoms with Crippen molar-refractivity contribution in [1.82, 2.24) is 0 Å². The molecule has 0 aromatic heterocycles. The van der Waals surface area contributed by atoms with Crippen LogP contribution in [0.4, 0.5) is 5.69 Å². The highest BCUT2D eigenvalue weighted by molar-refractivity contribution is 5.47. The highest BCUT2D eigenvalue weighted by Gasteiger charge is 2.24. The van der Waals surface area contributed by atoms with E-state index in [1.165, 1.54) is 54.9 Å². The molecule has 1 atom stereocenters. The van der Waals surface area contributed by atoms with Crippen LogP contribution in [-0.4, -0.2) is 44.3 Å². The van der Waals surface area contributed by atoms with Crippen molar-refractivity contribution in [3.05, 3.63) is 29.8 Å². The van der Waals surface area contributed by atoms with Crippen LogP contribution in [0.1, 0.15) is 18.9 Å². The Kier molecular flexibility index (Phi) is 3.72. The van der Waals surface area contributed by atoms with Gasteiger partial charge in [-0.25, -0.2) is 0 Å². The first-order valence-electron chi connectivity index (χ1n) is 6.78. The second kappa shape index (κ2) is 5.09. The third-order valence-corrected chi connectivity index (χ3v) is 4.20. The van der Waals surface area contributed by atoms with Gasteiger partial charge in [-0.3, -0.25) is 0 Å². The minimum absolute atomic E-state index is 1.19. The van der Waals surface area contributed by atoms with Crippen LogP contribution in [0.2, 0.25) is 0 Å². The quantitative estimate of drug-likeness (QED) is 0.710. The van der Waals surface area contributed by atoms with Gasteiger partial charge in [0.2, 0.25) is 0 Å². The lowest BCUT2D eigenvalue weighted by atomic mass is 10.2. The molecule has 2 heteroatoms. The maximum absolute atomic E-state index is 2.54. The number of likely N-dealkylation sites (N-methyl/N-ethyl adjacent to an activating group) is 1. The molecule has 1 fully saturated rings. The van der Waals surface area contributed by atoms with E-state index in [1.807, 2.05) is 0 Å². The zero-order chi connectivity index (χ0) is 12.3. The van der Waals surface area contributed by atoms with Gasteiger partial charge in [-0.2, -0.15) is 0 Å². The summed E-state index contributed by atoms with van der Waals surface area (Å²) < 4.78 is 1.22. The molecular weight excluding hydrogens is 208 g/mol. The summed E-state index contributed by atoms with van der Waals surface area (Å²) in [5, 5.41) is 0.